The van der Waals surface area contributed by atoms with Crippen LogP contribution >= 0.6 is 0 Å². The number of carbonyl (C=O) groups excluding carboxylic acids is 2. The van der Waals surface area contributed by atoms with E-state index < -0.39 is 17.4 Å². The van der Waals surface area contributed by atoms with E-state index in [1.54, 1.807) is 0 Å². The molecule has 4 N–H and O–H groups in total. The average Bonchev–Trinajstić information content (AvgIpc) is 2.85. The van der Waals surface area contributed by atoms with E-state index in [9.17, 15) is 9.59 Å². The van der Waals surface area contributed by atoms with E-state index in [0.29, 0.717) is 13.0 Å². The lowest BCUT2D eigenvalue weighted by atomic mass is 9.79. The van der Waals surface area contributed by atoms with Gasteiger partial charge in [-0.2, -0.15) is 0 Å². The van der Waals surface area contributed by atoms with E-state index in [2.05, 4.69) is 10.6 Å². The van der Waals surface area contributed by atoms with Crippen molar-refractivity contribution >= 4 is 17.5 Å². The number of rotatable bonds is 1. The number of fused-ring (bicyclic) bond motifs is 2. The largest absolute Gasteiger partial charge is 0.368 e. The van der Waals surface area contributed by atoms with E-state index in [0.717, 1.165) is 11.3 Å². The molecule has 5 nitrogen and oxygen atoms in total. The van der Waals surface area contributed by atoms with Crippen molar-refractivity contribution < 1.29 is 9.59 Å². The summed E-state index contributed by atoms with van der Waals surface area (Å²) in [5.41, 5.74) is 6.45. The van der Waals surface area contributed by atoms with Gasteiger partial charge in [0.15, 0.2) is 0 Å². The van der Waals surface area contributed by atoms with Crippen LogP contribution in [-0.2, 0) is 15.0 Å². The van der Waals surface area contributed by atoms with Crippen molar-refractivity contribution in [2.45, 2.75) is 17.9 Å². The molecule has 0 bridgehead atoms. The maximum absolute atomic E-state index is 12.1. The number of hydrogen-bond donors (Lipinski definition) is 3. The summed E-state index contributed by atoms with van der Waals surface area (Å²) in [5.74, 6) is -0.450. The molecule has 1 fully saturated rings. The molecule has 5 heteroatoms. The zero-order valence-electron chi connectivity index (χ0n) is 9.19. The fraction of sp³-hybridized carbons (Fsp3) is 0.333. The Balaban J connectivity index is 2.04. The van der Waals surface area contributed by atoms with Crippen LogP contribution in [0.3, 0.4) is 0 Å². The Bertz CT molecular complexity index is 514. The van der Waals surface area contributed by atoms with Crippen molar-refractivity contribution in [1.29, 1.82) is 0 Å². The molecule has 88 valence electrons. The number of para-hydroxylation sites is 1. The van der Waals surface area contributed by atoms with Gasteiger partial charge in [-0.05, 0) is 18.1 Å². The summed E-state index contributed by atoms with van der Waals surface area (Å²) in [6.45, 7) is 0.462. The van der Waals surface area contributed by atoms with E-state index in [1.165, 1.54) is 0 Å². The maximum atomic E-state index is 12.1. The third kappa shape index (κ3) is 1.29. The second kappa shape index (κ2) is 3.30. The van der Waals surface area contributed by atoms with Crippen LogP contribution in [0.25, 0.3) is 0 Å². The molecule has 2 atom stereocenters. The number of hydrogen-bond acceptors (Lipinski definition) is 3. The Morgan fingerprint density at radius 1 is 1.41 bits per heavy atom. The molecule has 1 spiro atoms. The average molecular weight is 231 g/mol. The van der Waals surface area contributed by atoms with Gasteiger partial charge in [0.05, 0.1) is 11.5 Å². The van der Waals surface area contributed by atoms with E-state index in [1.807, 2.05) is 24.3 Å². The predicted molar refractivity (Wildman–Crippen MR) is 62.4 cm³/mol. The molecule has 2 aliphatic rings. The van der Waals surface area contributed by atoms with Gasteiger partial charge in [-0.3, -0.25) is 9.59 Å². The Labute approximate surface area is 98.4 Å². The van der Waals surface area contributed by atoms with Crippen molar-refractivity contribution in [2.24, 2.45) is 5.73 Å². The number of anilines is 1. The zero-order chi connectivity index (χ0) is 12.0. The van der Waals surface area contributed by atoms with E-state index in [-0.39, 0.29) is 5.91 Å². The third-order valence-electron chi connectivity index (χ3n) is 3.67. The van der Waals surface area contributed by atoms with Crippen LogP contribution in [0.4, 0.5) is 5.69 Å². The predicted octanol–water partition coefficient (Wildman–Crippen LogP) is -0.276. The maximum Gasteiger partial charge on any atom is 0.236 e. The monoisotopic (exact) mass is 231 g/mol. The number of nitrogens with one attached hydrogen (secondary N) is 2. The highest BCUT2D eigenvalue weighted by Gasteiger charge is 2.52. The first-order valence-electron chi connectivity index (χ1n) is 5.57. The SMILES string of the molecule is NC(=O)C1CC2(CN1)C(=O)Nc1ccccc12. The molecule has 1 saturated heterocycles. The van der Waals surface area contributed by atoms with Crippen molar-refractivity contribution in [1.82, 2.24) is 5.32 Å². The van der Waals surface area contributed by atoms with Crippen LogP contribution < -0.4 is 16.4 Å². The Kier molecular flexibility index (Phi) is 2.00. The molecule has 0 saturated carbocycles. The zero-order valence-corrected chi connectivity index (χ0v) is 9.19. The highest BCUT2D eigenvalue weighted by atomic mass is 16.2. The summed E-state index contributed by atoms with van der Waals surface area (Å²) < 4.78 is 0. The minimum absolute atomic E-state index is 0.0463. The summed E-state index contributed by atoms with van der Waals surface area (Å²) in [5, 5.41) is 5.88. The smallest absolute Gasteiger partial charge is 0.236 e. The summed E-state index contributed by atoms with van der Waals surface area (Å²) in [6.07, 6.45) is 0.436. The second-order valence-electron chi connectivity index (χ2n) is 4.62. The van der Waals surface area contributed by atoms with Gasteiger partial charge in [0, 0.05) is 12.2 Å². The van der Waals surface area contributed by atoms with Crippen LogP contribution in [0.5, 0.6) is 0 Å². The van der Waals surface area contributed by atoms with E-state index >= 15 is 0 Å². The Morgan fingerprint density at radius 2 is 2.18 bits per heavy atom. The van der Waals surface area contributed by atoms with Gasteiger partial charge in [-0.25, -0.2) is 0 Å². The standard InChI is InChI=1S/C12H13N3O2/c13-10(16)9-5-12(6-14-9)7-3-1-2-4-8(7)15-11(12)17/h1-4,9,14H,5-6H2,(H2,13,16)(H,15,17). The third-order valence-corrected chi connectivity index (χ3v) is 3.67. The number of primary amides is 1. The van der Waals surface area contributed by atoms with Gasteiger partial charge in [0.25, 0.3) is 0 Å². The first-order chi connectivity index (χ1) is 8.13. The first-order valence-corrected chi connectivity index (χ1v) is 5.57. The van der Waals surface area contributed by atoms with Gasteiger partial charge in [0.1, 0.15) is 0 Å². The Morgan fingerprint density at radius 3 is 2.88 bits per heavy atom. The van der Waals surface area contributed by atoms with Crippen LogP contribution in [0.15, 0.2) is 24.3 Å². The number of nitrogens with two attached hydrogens (primary N) is 1. The summed E-state index contributed by atoms with van der Waals surface area (Å²) in [7, 11) is 0. The van der Waals surface area contributed by atoms with Crippen molar-refractivity contribution in [2.75, 3.05) is 11.9 Å². The topological polar surface area (TPSA) is 84.2 Å². The number of carbonyl (C=O) groups is 2. The van der Waals surface area contributed by atoms with Gasteiger partial charge >= 0.3 is 0 Å². The number of benzene rings is 1. The van der Waals surface area contributed by atoms with Crippen LogP contribution in [0.1, 0.15) is 12.0 Å². The molecule has 17 heavy (non-hydrogen) atoms. The molecular weight excluding hydrogens is 218 g/mol. The summed E-state index contributed by atoms with van der Waals surface area (Å²) in [6, 6.07) is 7.16. The lowest BCUT2D eigenvalue weighted by molar-refractivity contribution is -0.120. The molecule has 0 aliphatic carbocycles. The molecule has 1 aromatic rings. The van der Waals surface area contributed by atoms with Gasteiger partial charge < -0.3 is 16.4 Å². The highest BCUT2D eigenvalue weighted by Crippen LogP contribution is 2.43. The minimum atomic E-state index is -0.629. The quantitative estimate of drug-likeness (QED) is 0.621. The lowest BCUT2D eigenvalue weighted by Crippen LogP contribution is -2.36. The molecule has 2 unspecified atom stereocenters. The Hall–Kier alpha value is -1.88. The normalized spacial score (nSPS) is 30.4. The molecule has 0 radical (unpaired) electrons. The summed E-state index contributed by atoms with van der Waals surface area (Å²) >= 11 is 0. The fourth-order valence-corrected chi connectivity index (χ4v) is 2.74. The lowest BCUT2D eigenvalue weighted by Gasteiger charge is -2.19. The highest BCUT2D eigenvalue weighted by molar-refractivity contribution is 6.07. The van der Waals surface area contributed by atoms with Crippen molar-refractivity contribution in [3.05, 3.63) is 29.8 Å². The molecule has 2 amide bonds. The molecule has 2 heterocycles. The minimum Gasteiger partial charge on any atom is -0.368 e. The van der Waals surface area contributed by atoms with Crippen LogP contribution in [0, 0.1) is 0 Å². The fourth-order valence-electron chi connectivity index (χ4n) is 2.74. The van der Waals surface area contributed by atoms with E-state index in [4.69, 9.17) is 5.73 Å². The molecule has 2 aliphatic heterocycles. The van der Waals surface area contributed by atoms with Gasteiger partial charge in [0.2, 0.25) is 11.8 Å². The van der Waals surface area contributed by atoms with Crippen molar-refractivity contribution in [3.63, 3.8) is 0 Å². The molecule has 3 rings (SSSR count). The molecular formula is C12H13N3O2. The van der Waals surface area contributed by atoms with Crippen LogP contribution in [0.2, 0.25) is 0 Å². The first kappa shape index (κ1) is 10.3. The van der Waals surface area contributed by atoms with Crippen molar-refractivity contribution in [3.8, 4) is 0 Å². The van der Waals surface area contributed by atoms with Gasteiger partial charge in [-0.15, -0.1) is 0 Å². The molecule has 1 aromatic carbocycles. The van der Waals surface area contributed by atoms with Crippen LogP contribution in [-0.4, -0.2) is 24.4 Å². The summed E-state index contributed by atoms with van der Waals surface area (Å²) in [4.78, 5) is 23.3. The number of amides is 2. The molecule has 0 aromatic heterocycles. The second-order valence-corrected chi connectivity index (χ2v) is 4.62. The van der Waals surface area contributed by atoms with Gasteiger partial charge in [-0.1, -0.05) is 18.2 Å².